The van der Waals surface area contributed by atoms with Crippen LogP contribution in [0.4, 0.5) is 0 Å². The number of hydrogen-bond acceptors (Lipinski definition) is 3. The average Bonchev–Trinajstić information content (AvgIpc) is 2.26. The zero-order valence-corrected chi connectivity index (χ0v) is 10.5. The van der Waals surface area contributed by atoms with Gasteiger partial charge in [-0.25, -0.2) is 0 Å². The van der Waals surface area contributed by atoms with E-state index in [2.05, 4.69) is 5.32 Å². The van der Waals surface area contributed by atoms with Crippen molar-refractivity contribution < 1.29 is 9.90 Å². The summed E-state index contributed by atoms with van der Waals surface area (Å²) in [6.45, 7) is 0. The maximum Gasteiger partial charge on any atom is 0.320 e. The number of carboxylic acid groups (broad SMARTS) is 1. The fourth-order valence-corrected chi connectivity index (χ4v) is 2.49. The zero-order valence-electron chi connectivity index (χ0n) is 8.94. The molecule has 0 saturated carbocycles. The molecule has 16 heavy (non-hydrogen) atoms. The zero-order chi connectivity index (χ0) is 12.0. The number of carbonyl (C=O) groups is 1. The van der Waals surface area contributed by atoms with Gasteiger partial charge in [-0.1, -0.05) is 23.7 Å². The van der Waals surface area contributed by atoms with E-state index in [0.29, 0.717) is 11.4 Å². The molecule has 0 radical (unpaired) electrons. The van der Waals surface area contributed by atoms with Gasteiger partial charge < -0.3 is 10.4 Å². The van der Waals surface area contributed by atoms with Crippen LogP contribution in [0.2, 0.25) is 5.02 Å². The van der Waals surface area contributed by atoms with Crippen molar-refractivity contribution in [3.05, 3.63) is 29.3 Å². The van der Waals surface area contributed by atoms with Crippen LogP contribution in [-0.2, 0) is 4.79 Å². The van der Waals surface area contributed by atoms with Gasteiger partial charge in [-0.15, -0.1) is 11.8 Å². The molecule has 0 aliphatic heterocycles. The number of benzene rings is 1. The number of carboxylic acids is 1. The van der Waals surface area contributed by atoms with Crippen LogP contribution < -0.4 is 5.32 Å². The Morgan fingerprint density at radius 3 is 2.81 bits per heavy atom. The third kappa shape index (κ3) is 4.04. The Labute approximate surface area is 104 Å². The lowest BCUT2D eigenvalue weighted by Gasteiger charge is -2.10. The Kier molecular flexibility index (Phi) is 5.66. The summed E-state index contributed by atoms with van der Waals surface area (Å²) in [5.41, 5.74) is 0. The first kappa shape index (κ1) is 13.4. The third-order valence-corrected chi connectivity index (χ3v) is 3.70. The van der Waals surface area contributed by atoms with Gasteiger partial charge in [0.1, 0.15) is 6.04 Å². The standard InChI is InChI=1S/C11H14ClNO2S/c1-13-9(11(14)15)6-7-16-10-5-3-2-4-8(10)12/h2-5,9,13H,6-7H2,1H3,(H,14,15). The number of rotatable bonds is 6. The smallest absolute Gasteiger partial charge is 0.320 e. The molecular formula is C11H14ClNO2S. The normalized spacial score (nSPS) is 12.4. The van der Waals surface area contributed by atoms with E-state index in [9.17, 15) is 4.79 Å². The van der Waals surface area contributed by atoms with Crippen molar-refractivity contribution in [1.29, 1.82) is 0 Å². The van der Waals surface area contributed by atoms with Gasteiger partial charge in [0.15, 0.2) is 0 Å². The highest BCUT2D eigenvalue weighted by atomic mass is 35.5. The van der Waals surface area contributed by atoms with Crippen molar-refractivity contribution >= 4 is 29.3 Å². The van der Waals surface area contributed by atoms with Crippen LogP contribution in [0.1, 0.15) is 6.42 Å². The highest BCUT2D eigenvalue weighted by Crippen LogP contribution is 2.27. The van der Waals surface area contributed by atoms with Gasteiger partial charge in [-0.05, 0) is 25.6 Å². The van der Waals surface area contributed by atoms with Gasteiger partial charge in [-0.2, -0.15) is 0 Å². The number of likely N-dealkylation sites (N-methyl/N-ethyl adjacent to an activating group) is 1. The van der Waals surface area contributed by atoms with E-state index in [-0.39, 0.29) is 0 Å². The molecule has 0 aromatic heterocycles. The summed E-state index contributed by atoms with van der Waals surface area (Å²) < 4.78 is 0. The topological polar surface area (TPSA) is 49.3 Å². The van der Waals surface area contributed by atoms with E-state index in [4.69, 9.17) is 16.7 Å². The minimum atomic E-state index is -0.817. The second kappa shape index (κ2) is 6.78. The minimum Gasteiger partial charge on any atom is -0.480 e. The first-order chi connectivity index (χ1) is 7.65. The van der Waals surface area contributed by atoms with Gasteiger partial charge in [-0.3, -0.25) is 4.79 Å². The Balaban J connectivity index is 2.41. The molecule has 1 unspecified atom stereocenters. The molecule has 0 aliphatic carbocycles. The minimum absolute atomic E-state index is 0.491. The molecule has 3 nitrogen and oxygen atoms in total. The first-order valence-electron chi connectivity index (χ1n) is 4.92. The Morgan fingerprint density at radius 2 is 2.25 bits per heavy atom. The maximum absolute atomic E-state index is 10.7. The summed E-state index contributed by atoms with van der Waals surface area (Å²) in [5, 5.41) is 12.3. The lowest BCUT2D eigenvalue weighted by molar-refractivity contribution is -0.139. The molecule has 0 spiro atoms. The van der Waals surface area contributed by atoms with E-state index in [0.717, 1.165) is 10.6 Å². The van der Waals surface area contributed by atoms with Crippen LogP contribution in [0.3, 0.4) is 0 Å². The number of thioether (sulfide) groups is 1. The van der Waals surface area contributed by atoms with Crippen LogP contribution in [0.15, 0.2) is 29.2 Å². The lowest BCUT2D eigenvalue weighted by Crippen LogP contribution is -2.34. The van der Waals surface area contributed by atoms with Gasteiger partial charge in [0.05, 0.1) is 5.02 Å². The molecule has 1 atom stereocenters. The number of aliphatic carboxylic acids is 1. The van der Waals surface area contributed by atoms with E-state index >= 15 is 0 Å². The van der Waals surface area contributed by atoms with E-state index in [1.54, 1.807) is 18.8 Å². The molecule has 1 rings (SSSR count). The third-order valence-electron chi connectivity index (χ3n) is 2.15. The Morgan fingerprint density at radius 1 is 1.56 bits per heavy atom. The predicted octanol–water partition coefficient (Wildman–Crippen LogP) is 2.49. The summed E-state index contributed by atoms with van der Waals surface area (Å²) in [4.78, 5) is 11.7. The summed E-state index contributed by atoms with van der Waals surface area (Å²) in [5.74, 6) is -0.0936. The summed E-state index contributed by atoms with van der Waals surface area (Å²) in [6, 6.07) is 7.06. The molecule has 0 bridgehead atoms. The van der Waals surface area contributed by atoms with Crippen LogP contribution in [-0.4, -0.2) is 29.9 Å². The maximum atomic E-state index is 10.7. The highest BCUT2D eigenvalue weighted by Gasteiger charge is 2.14. The molecule has 88 valence electrons. The Bertz CT molecular complexity index is 360. The number of hydrogen-bond donors (Lipinski definition) is 2. The van der Waals surface area contributed by atoms with Crippen molar-refractivity contribution in [2.75, 3.05) is 12.8 Å². The van der Waals surface area contributed by atoms with Crippen molar-refractivity contribution in [1.82, 2.24) is 5.32 Å². The summed E-state index contributed by atoms with van der Waals surface area (Å²) >= 11 is 7.56. The van der Waals surface area contributed by atoms with Crippen LogP contribution >= 0.6 is 23.4 Å². The molecule has 0 heterocycles. The first-order valence-corrected chi connectivity index (χ1v) is 6.29. The average molecular weight is 260 g/mol. The van der Waals surface area contributed by atoms with Gasteiger partial charge in [0.25, 0.3) is 0 Å². The molecule has 5 heteroatoms. The van der Waals surface area contributed by atoms with Crippen molar-refractivity contribution in [3.8, 4) is 0 Å². The van der Waals surface area contributed by atoms with Gasteiger partial charge in [0.2, 0.25) is 0 Å². The van der Waals surface area contributed by atoms with Crippen molar-refractivity contribution in [2.45, 2.75) is 17.4 Å². The summed E-state index contributed by atoms with van der Waals surface area (Å²) in [7, 11) is 1.65. The monoisotopic (exact) mass is 259 g/mol. The molecule has 0 saturated heterocycles. The van der Waals surface area contributed by atoms with Crippen LogP contribution in [0.5, 0.6) is 0 Å². The largest absolute Gasteiger partial charge is 0.480 e. The van der Waals surface area contributed by atoms with Gasteiger partial charge >= 0.3 is 5.97 Å². The molecule has 2 N–H and O–H groups in total. The molecule has 0 aliphatic rings. The number of nitrogens with one attached hydrogen (secondary N) is 1. The summed E-state index contributed by atoms with van der Waals surface area (Å²) in [6.07, 6.45) is 0.571. The molecule has 1 aromatic carbocycles. The molecule has 1 aromatic rings. The van der Waals surface area contributed by atoms with Crippen molar-refractivity contribution in [3.63, 3.8) is 0 Å². The molecular weight excluding hydrogens is 246 g/mol. The fraction of sp³-hybridized carbons (Fsp3) is 0.364. The quantitative estimate of drug-likeness (QED) is 0.771. The van der Waals surface area contributed by atoms with E-state index in [1.165, 1.54) is 0 Å². The van der Waals surface area contributed by atoms with Crippen molar-refractivity contribution in [2.24, 2.45) is 0 Å². The van der Waals surface area contributed by atoms with Crippen LogP contribution in [0.25, 0.3) is 0 Å². The molecule has 0 fully saturated rings. The lowest BCUT2D eigenvalue weighted by atomic mass is 10.2. The predicted molar refractivity (Wildman–Crippen MR) is 67.3 cm³/mol. The van der Waals surface area contributed by atoms with Gasteiger partial charge in [0, 0.05) is 10.6 Å². The second-order valence-corrected chi connectivity index (χ2v) is 4.79. The van der Waals surface area contributed by atoms with E-state index < -0.39 is 12.0 Å². The van der Waals surface area contributed by atoms with Crippen LogP contribution in [0, 0.1) is 0 Å². The second-order valence-electron chi connectivity index (χ2n) is 3.25. The fourth-order valence-electron chi connectivity index (χ4n) is 1.24. The SMILES string of the molecule is CNC(CCSc1ccccc1Cl)C(=O)O. The molecule has 0 amide bonds. The highest BCUT2D eigenvalue weighted by molar-refractivity contribution is 7.99. The Hall–Kier alpha value is -0.710. The number of halogens is 1. The van der Waals surface area contributed by atoms with E-state index in [1.807, 2.05) is 24.3 Å².